The monoisotopic (exact) mass is 179 g/mol. The van der Waals surface area contributed by atoms with Gasteiger partial charge in [0.05, 0.1) is 11.4 Å². The normalized spacial score (nSPS) is 11.7. The van der Waals surface area contributed by atoms with Gasteiger partial charge in [0.25, 0.3) is 0 Å². The molecule has 1 N–H and O–H groups in total. The number of likely N-dealkylation sites (N-methyl/N-ethyl adjacent to an activating group) is 1. The fourth-order valence-corrected chi connectivity index (χ4v) is 1.12. The van der Waals surface area contributed by atoms with Crippen LogP contribution in [0.2, 0.25) is 0 Å². The van der Waals surface area contributed by atoms with Gasteiger partial charge in [-0.25, -0.2) is 0 Å². The first kappa shape index (κ1) is 10.1. The molecular formula is C10H17N3. The Hall–Kier alpha value is -0.960. The van der Waals surface area contributed by atoms with E-state index < -0.39 is 0 Å². The Morgan fingerprint density at radius 3 is 2.46 bits per heavy atom. The summed E-state index contributed by atoms with van der Waals surface area (Å²) in [6.45, 7) is 6.30. The third-order valence-electron chi connectivity index (χ3n) is 2.27. The lowest BCUT2D eigenvalue weighted by Gasteiger charge is -2.23. The first-order chi connectivity index (χ1) is 6.05. The van der Waals surface area contributed by atoms with Crippen LogP contribution in [-0.2, 0) is 6.42 Å². The molecule has 13 heavy (non-hydrogen) atoms. The van der Waals surface area contributed by atoms with Crippen LogP contribution < -0.4 is 5.32 Å². The quantitative estimate of drug-likeness (QED) is 0.760. The summed E-state index contributed by atoms with van der Waals surface area (Å²) >= 11 is 0. The molecule has 1 heterocycles. The minimum atomic E-state index is 0.0841. The van der Waals surface area contributed by atoms with Gasteiger partial charge in [0, 0.05) is 24.4 Å². The van der Waals surface area contributed by atoms with E-state index in [0.717, 1.165) is 17.8 Å². The Bertz CT molecular complexity index is 281. The molecule has 1 rings (SSSR count). The lowest BCUT2D eigenvalue weighted by Crippen LogP contribution is -2.38. The van der Waals surface area contributed by atoms with Crippen LogP contribution in [0.15, 0.2) is 12.4 Å². The van der Waals surface area contributed by atoms with Gasteiger partial charge in [0.15, 0.2) is 0 Å². The predicted octanol–water partition coefficient (Wildman–Crippen LogP) is 1.33. The summed E-state index contributed by atoms with van der Waals surface area (Å²) in [5, 5.41) is 3.25. The van der Waals surface area contributed by atoms with Crippen molar-refractivity contribution in [1.82, 2.24) is 15.3 Å². The minimum absolute atomic E-state index is 0.0841. The van der Waals surface area contributed by atoms with Crippen molar-refractivity contribution in [2.45, 2.75) is 32.7 Å². The standard InChI is InChI=1S/C10H17N3/c1-8-9(13-6-5-12-8)7-10(2,3)11-4/h5-6,11H,7H2,1-4H3. The van der Waals surface area contributed by atoms with Crippen molar-refractivity contribution in [1.29, 1.82) is 0 Å². The molecule has 0 atom stereocenters. The van der Waals surface area contributed by atoms with Crippen LogP contribution in [0.3, 0.4) is 0 Å². The summed E-state index contributed by atoms with van der Waals surface area (Å²) in [4.78, 5) is 8.52. The topological polar surface area (TPSA) is 37.8 Å². The van der Waals surface area contributed by atoms with E-state index in [0.29, 0.717) is 0 Å². The van der Waals surface area contributed by atoms with Crippen LogP contribution in [0.1, 0.15) is 25.2 Å². The summed E-state index contributed by atoms with van der Waals surface area (Å²) < 4.78 is 0. The lowest BCUT2D eigenvalue weighted by molar-refractivity contribution is 0.416. The number of hydrogen-bond donors (Lipinski definition) is 1. The van der Waals surface area contributed by atoms with Gasteiger partial charge in [0.1, 0.15) is 0 Å². The highest BCUT2D eigenvalue weighted by Crippen LogP contribution is 2.11. The van der Waals surface area contributed by atoms with Gasteiger partial charge in [-0.3, -0.25) is 9.97 Å². The van der Waals surface area contributed by atoms with E-state index in [1.54, 1.807) is 12.4 Å². The predicted molar refractivity (Wildman–Crippen MR) is 53.6 cm³/mol. The van der Waals surface area contributed by atoms with Crippen molar-refractivity contribution in [3.8, 4) is 0 Å². The van der Waals surface area contributed by atoms with Crippen molar-refractivity contribution in [3.63, 3.8) is 0 Å². The molecule has 0 aliphatic rings. The van der Waals surface area contributed by atoms with Crippen LogP contribution in [0.4, 0.5) is 0 Å². The zero-order valence-corrected chi connectivity index (χ0v) is 8.76. The second-order valence-corrected chi connectivity index (χ2v) is 3.90. The molecule has 0 radical (unpaired) electrons. The molecule has 0 aliphatic carbocycles. The van der Waals surface area contributed by atoms with Gasteiger partial charge in [-0.15, -0.1) is 0 Å². The van der Waals surface area contributed by atoms with E-state index in [2.05, 4.69) is 29.1 Å². The largest absolute Gasteiger partial charge is 0.314 e. The summed E-state index contributed by atoms with van der Waals surface area (Å²) in [6.07, 6.45) is 4.38. The maximum absolute atomic E-state index is 4.31. The van der Waals surface area contributed by atoms with E-state index >= 15 is 0 Å². The Morgan fingerprint density at radius 2 is 1.92 bits per heavy atom. The van der Waals surface area contributed by atoms with Crippen LogP contribution in [0, 0.1) is 6.92 Å². The number of hydrogen-bond acceptors (Lipinski definition) is 3. The van der Waals surface area contributed by atoms with Crippen molar-refractivity contribution in [2.24, 2.45) is 0 Å². The molecule has 0 amide bonds. The third-order valence-corrected chi connectivity index (χ3v) is 2.27. The number of aromatic nitrogens is 2. The number of rotatable bonds is 3. The van der Waals surface area contributed by atoms with Crippen molar-refractivity contribution in [2.75, 3.05) is 7.05 Å². The summed E-state index contributed by atoms with van der Waals surface area (Å²) in [6, 6.07) is 0. The van der Waals surface area contributed by atoms with Crippen LogP contribution in [-0.4, -0.2) is 22.6 Å². The lowest BCUT2D eigenvalue weighted by atomic mass is 9.98. The Morgan fingerprint density at radius 1 is 1.31 bits per heavy atom. The van der Waals surface area contributed by atoms with E-state index in [1.807, 2.05) is 14.0 Å². The molecule has 0 aliphatic heterocycles. The average molecular weight is 179 g/mol. The fraction of sp³-hybridized carbons (Fsp3) is 0.600. The van der Waals surface area contributed by atoms with Gasteiger partial charge in [-0.2, -0.15) is 0 Å². The molecule has 0 spiro atoms. The summed E-state index contributed by atoms with van der Waals surface area (Å²) in [7, 11) is 1.96. The Labute approximate surface area is 79.6 Å². The fourth-order valence-electron chi connectivity index (χ4n) is 1.12. The molecule has 0 saturated heterocycles. The van der Waals surface area contributed by atoms with Crippen LogP contribution >= 0.6 is 0 Å². The van der Waals surface area contributed by atoms with Gasteiger partial charge in [-0.1, -0.05) is 0 Å². The maximum Gasteiger partial charge on any atom is 0.0633 e. The Balaban J connectivity index is 2.80. The zero-order valence-electron chi connectivity index (χ0n) is 8.76. The second kappa shape index (κ2) is 3.83. The number of aryl methyl sites for hydroxylation is 1. The molecule has 0 aromatic carbocycles. The van der Waals surface area contributed by atoms with E-state index in [4.69, 9.17) is 0 Å². The average Bonchev–Trinajstić information content (AvgIpc) is 2.09. The molecule has 72 valence electrons. The molecule has 0 unspecified atom stereocenters. The van der Waals surface area contributed by atoms with Gasteiger partial charge >= 0.3 is 0 Å². The Kier molecular flexibility index (Phi) is 2.98. The highest BCUT2D eigenvalue weighted by Gasteiger charge is 2.17. The minimum Gasteiger partial charge on any atom is -0.314 e. The van der Waals surface area contributed by atoms with E-state index in [9.17, 15) is 0 Å². The first-order valence-electron chi connectivity index (χ1n) is 4.50. The van der Waals surface area contributed by atoms with Crippen molar-refractivity contribution < 1.29 is 0 Å². The summed E-state index contributed by atoms with van der Waals surface area (Å²) in [5.41, 5.74) is 2.17. The molecule has 0 saturated carbocycles. The molecular weight excluding hydrogens is 162 g/mol. The summed E-state index contributed by atoms with van der Waals surface area (Å²) in [5.74, 6) is 0. The molecule has 1 aromatic heterocycles. The van der Waals surface area contributed by atoms with Gasteiger partial charge in [-0.05, 0) is 27.8 Å². The van der Waals surface area contributed by atoms with E-state index in [-0.39, 0.29) is 5.54 Å². The molecule has 0 bridgehead atoms. The SMILES string of the molecule is CNC(C)(C)Cc1nccnc1C. The van der Waals surface area contributed by atoms with Crippen LogP contribution in [0.5, 0.6) is 0 Å². The van der Waals surface area contributed by atoms with Crippen molar-refractivity contribution >= 4 is 0 Å². The van der Waals surface area contributed by atoms with Gasteiger partial charge in [0.2, 0.25) is 0 Å². The molecule has 3 nitrogen and oxygen atoms in total. The van der Waals surface area contributed by atoms with E-state index in [1.165, 1.54) is 0 Å². The molecule has 1 aromatic rings. The number of nitrogens with zero attached hydrogens (tertiary/aromatic N) is 2. The third kappa shape index (κ3) is 2.77. The molecule has 0 fully saturated rings. The second-order valence-electron chi connectivity index (χ2n) is 3.90. The highest BCUT2D eigenvalue weighted by atomic mass is 14.9. The smallest absolute Gasteiger partial charge is 0.0633 e. The maximum atomic E-state index is 4.31. The van der Waals surface area contributed by atoms with Crippen molar-refractivity contribution in [3.05, 3.63) is 23.8 Å². The van der Waals surface area contributed by atoms with Crippen LogP contribution in [0.25, 0.3) is 0 Å². The highest BCUT2D eigenvalue weighted by molar-refractivity contribution is 5.11. The van der Waals surface area contributed by atoms with Gasteiger partial charge < -0.3 is 5.32 Å². The zero-order chi connectivity index (χ0) is 9.90. The molecule has 3 heteroatoms. The number of nitrogens with one attached hydrogen (secondary N) is 1. The first-order valence-corrected chi connectivity index (χ1v) is 4.50.